The number of rotatable bonds is 3. The highest BCUT2D eigenvalue weighted by Crippen LogP contribution is 2.27. The fourth-order valence-electron chi connectivity index (χ4n) is 3.48. The van der Waals surface area contributed by atoms with E-state index in [1.807, 2.05) is 60.2 Å². The fourth-order valence-corrected chi connectivity index (χ4v) is 3.48. The number of carbonyl (C=O) groups is 1. The topological polar surface area (TPSA) is 61.9 Å². The molecule has 4 rings (SSSR count). The molecule has 5 nitrogen and oxygen atoms in total. The Morgan fingerprint density at radius 1 is 1.19 bits per heavy atom. The van der Waals surface area contributed by atoms with Crippen molar-refractivity contribution in [2.24, 2.45) is 0 Å². The van der Waals surface area contributed by atoms with E-state index in [2.05, 4.69) is 6.07 Å². The molecule has 0 radical (unpaired) electrons. The van der Waals surface area contributed by atoms with E-state index in [0.29, 0.717) is 24.5 Å². The van der Waals surface area contributed by atoms with E-state index in [4.69, 9.17) is 10.2 Å². The maximum atomic E-state index is 13.0. The van der Waals surface area contributed by atoms with Crippen LogP contribution in [0.2, 0.25) is 0 Å². The lowest BCUT2D eigenvalue weighted by molar-refractivity contribution is -0.118. The van der Waals surface area contributed by atoms with Crippen molar-refractivity contribution in [1.82, 2.24) is 9.55 Å². The summed E-state index contributed by atoms with van der Waals surface area (Å²) in [6.45, 7) is 3.55. The molecule has 0 spiro atoms. The van der Waals surface area contributed by atoms with Crippen LogP contribution in [0.15, 0.2) is 54.7 Å². The average molecular weight is 356 g/mol. The van der Waals surface area contributed by atoms with Crippen LogP contribution in [0.3, 0.4) is 0 Å². The lowest BCUT2D eigenvalue weighted by atomic mass is 10.1. The number of hydrogen-bond acceptors (Lipinski definition) is 3. The summed E-state index contributed by atoms with van der Waals surface area (Å²) in [7, 11) is 0. The highest BCUT2D eigenvalue weighted by Gasteiger charge is 2.25. The van der Waals surface area contributed by atoms with E-state index in [1.165, 1.54) is 0 Å². The van der Waals surface area contributed by atoms with E-state index in [0.717, 1.165) is 35.3 Å². The first kappa shape index (κ1) is 17.0. The van der Waals surface area contributed by atoms with Crippen molar-refractivity contribution < 1.29 is 4.79 Å². The van der Waals surface area contributed by atoms with Gasteiger partial charge in [-0.15, -0.1) is 0 Å². The molecule has 134 valence electrons. The highest BCUT2D eigenvalue weighted by molar-refractivity contribution is 5.94. The van der Waals surface area contributed by atoms with Gasteiger partial charge >= 0.3 is 0 Å². The predicted octanol–water partition coefficient (Wildman–Crippen LogP) is 3.71. The Bertz CT molecular complexity index is 1040. The lowest BCUT2D eigenvalue weighted by Crippen LogP contribution is -2.38. The maximum Gasteiger partial charge on any atom is 0.233 e. The first-order valence-corrected chi connectivity index (χ1v) is 9.08. The van der Waals surface area contributed by atoms with Gasteiger partial charge < -0.3 is 4.57 Å². The predicted molar refractivity (Wildman–Crippen MR) is 104 cm³/mol. The van der Waals surface area contributed by atoms with Gasteiger partial charge in [-0.25, -0.2) is 4.98 Å². The largest absolute Gasteiger partial charge is 0.316 e. The number of amides is 1. The van der Waals surface area contributed by atoms with Gasteiger partial charge in [0, 0.05) is 24.8 Å². The minimum absolute atomic E-state index is 0.0631. The minimum Gasteiger partial charge on any atom is -0.316 e. The number of aryl methyl sites for hydroxylation is 2. The summed E-state index contributed by atoms with van der Waals surface area (Å²) in [6, 6.07) is 17.5. The van der Waals surface area contributed by atoms with Crippen molar-refractivity contribution >= 4 is 11.9 Å². The molecule has 0 bridgehead atoms. The summed E-state index contributed by atoms with van der Waals surface area (Å²) in [5.41, 5.74) is 4.46. The number of nitrogens with zero attached hydrogens (tertiary/aromatic N) is 4. The summed E-state index contributed by atoms with van der Waals surface area (Å²) in [4.78, 5) is 19.5. The van der Waals surface area contributed by atoms with Gasteiger partial charge in [0.2, 0.25) is 11.9 Å². The number of anilines is 1. The number of benzene rings is 2. The van der Waals surface area contributed by atoms with Gasteiger partial charge in [0.05, 0.1) is 23.7 Å². The molecule has 2 heterocycles. The number of aromatic nitrogens is 2. The Labute approximate surface area is 158 Å². The molecule has 2 aromatic carbocycles. The Morgan fingerprint density at radius 3 is 2.85 bits per heavy atom. The van der Waals surface area contributed by atoms with Gasteiger partial charge in [0.1, 0.15) is 0 Å². The van der Waals surface area contributed by atoms with Crippen molar-refractivity contribution in [3.63, 3.8) is 0 Å². The lowest BCUT2D eigenvalue weighted by Gasteiger charge is -2.27. The monoisotopic (exact) mass is 356 g/mol. The van der Waals surface area contributed by atoms with Gasteiger partial charge in [-0.1, -0.05) is 36.4 Å². The molecule has 3 aromatic rings. The van der Waals surface area contributed by atoms with Gasteiger partial charge in [-0.05, 0) is 36.6 Å². The van der Waals surface area contributed by atoms with Crippen LogP contribution in [0.1, 0.15) is 23.1 Å². The molecular formula is C22H20N4O. The van der Waals surface area contributed by atoms with Crippen molar-refractivity contribution in [2.45, 2.75) is 26.3 Å². The molecule has 27 heavy (non-hydrogen) atoms. The third-order valence-corrected chi connectivity index (χ3v) is 4.97. The average Bonchev–Trinajstić information content (AvgIpc) is 3.14. The quantitative estimate of drug-likeness (QED) is 0.719. The molecule has 1 aromatic heterocycles. The van der Waals surface area contributed by atoms with Crippen LogP contribution in [0.5, 0.6) is 0 Å². The zero-order valence-electron chi connectivity index (χ0n) is 15.2. The Hall–Kier alpha value is -3.39. The van der Waals surface area contributed by atoms with Gasteiger partial charge in [0.15, 0.2) is 0 Å². The summed E-state index contributed by atoms with van der Waals surface area (Å²) in [5.74, 6) is 0.755. The number of nitriles is 1. The first-order chi connectivity index (χ1) is 13.2. The van der Waals surface area contributed by atoms with Crippen molar-refractivity contribution in [3.05, 3.63) is 71.4 Å². The van der Waals surface area contributed by atoms with Crippen LogP contribution >= 0.6 is 0 Å². The summed E-state index contributed by atoms with van der Waals surface area (Å²) >= 11 is 0. The molecule has 1 aliphatic rings. The molecule has 1 amide bonds. The SMILES string of the molecule is Cc1ccccc1CC(=O)N1CCCn2cc(-c3cccc(C#N)c3)nc21. The molecule has 0 atom stereocenters. The zero-order valence-corrected chi connectivity index (χ0v) is 15.2. The van der Waals surface area contributed by atoms with Crippen LogP contribution in [-0.2, 0) is 17.8 Å². The summed E-state index contributed by atoms with van der Waals surface area (Å²) in [6.07, 6.45) is 3.25. The Balaban J connectivity index is 1.63. The minimum atomic E-state index is 0.0631. The number of fused-ring (bicyclic) bond motifs is 1. The summed E-state index contributed by atoms with van der Waals surface area (Å²) < 4.78 is 2.04. The van der Waals surface area contributed by atoms with Crippen LogP contribution in [0.4, 0.5) is 5.95 Å². The van der Waals surface area contributed by atoms with Crippen LogP contribution in [0.25, 0.3) is 11.3 Å². The normalized spacial score (nSPS) is 13.1. The zero-order chi connectivity index (χ0) is 18.8. The van der Waals surface area contributed by atoms with Crippen LogP contribution in [-0.4, -0.2) is 22.0 Å². The molecule has 5 heteroatoms. The number of imidazole rings is 1. The Kier molecular flexibility index (Phi) is 4.47. The van der Waals surface area contributed by atoms with Gasteiger partial charge in [-0.3, -0.25) is 9.69 Å². The number of carbonyl (C=O) groups excluding carboxylic acids is 1. The standard InChI is InChI=1S/C22H20N4O/c1-16-6-2-3-8-18(16)13-21(27)26-11-5-10-25-15-20(24-22(25)26)19-9-4-7-17(12-19)14-23/h2-4,6-9,12,15H,5,10-11,13H2,1H3. The second-order valence-corrected chi connectivity index (χ2v) is 6.81. The van der Waals surface area contributed by atoms with Gasteiger partial charge in [0.25, 0.3) is 0 Å². The first-order valence-electron chi connectivity index (χ1n) is 9.08. The van der Waals surface area contributed by atoms with E-state index in [-0.39, 0.29) is 5.91 Å². The van der Waals surface area contributed by atoms with E-state index in [9.17, 15) is 4.79 Å². The second kappa shape index (κ2) is 7.08. The van der Waals surface area contributed by atoms with Crippen LogP contribution in [0, 0.1) is 18.3 Å². The molecule has 0 aliphatic carbocycles. The maximum absolute atomic E-state index is 13.0. The smallest absolute Gasteiger partial charge is 0.233 e. The third-order valence-electron chi connectivity index (χ3n) is 4.97. The molecule has 0 unspecified atom stereocenters. The molecule has 1 aliphatic heterocycles. The third kappa shape index (κ3) is 3.34. The molecule has 0 saturated carbocycles. The van der Waals surface area contributed by atoms with E-state index >= 15 is 0 Å². The molecule has 0 fully saturated rings. The highest BCUT2D eigenvalue weighted by atomic mass is 16.2. The fraction of sp³-hybridized carbons (Fsp3) is 0.227. The Morgan fingerprint density at radius 2 is 2.04 bits per heavy atom. The van der Waals surface area contributed by atoms with Gasteiger partial charge in [-0.2, -0.15) is 5.26 Å². The van der Waals surface area contributed by atoms with E-state index < -0.39 is 0 Å². The van der Waals surface area contributed by atoms with Crippen molar-refractivity contribution in [1.29, 1.82) is 5.26 Å². The van der Waals surface area contributed by atoms with Crippen molar-refractivity contribution in [3.8, 4) is 17.3 Å². The summed E-state index contributed by atoms with van der Waals surface area (Å²) in [5, 5.41) is 9.12. The van der Waals surface area contributed by atoms with Crippen molar-refractivity contribution in [2.75, 3.05) is 11.4 Å². The molecule has 0 N–H and O–H groups in total. The molecular weight excluding hydrogens is 336 g/mol. The second-order valence-electron chi connectivity index (χ2n) is 6.81. The van der Waals surface area contributed by atoms with Crippen LogP contribution < -0.4 is 4.90 Å². The number of hydrogen-bond donors (Lipinski definition) is 0. The molecule has 0 saturated heterocycles. The van der Waals surface area contributed by atoms with E-state index in [1.54, 1.807) is 11.0 Å².